The molecule has 4 nitrogen and oxygen atoms in total. The molecule has 0 aliphatic carbocycles. The molecule has 104 valence electrons. The van der Waals surface area contributed by atoms with Crippen molar-refractivity contribution in [2.75, 3.05) is 11.5 Å². The molecule has 1 aromatic rings. The van der Waals surface area contributed by atoms with Crippen molar-refractivity contribution >= 4 is 9.84 Å². The van der Waals surface area contributed by atoms with E-state index in [-0.39, 0.29) is 17.4 Å². The Hall–Kier alpha value is -0.810. The summed E-state index contributed by atoms with van der Waals surface area (Å²) < 4.78 is 24.6. The van der Waals surface area contributed by atoms with Crippen LogP contribution in [-0.2, 0) is 16.4 Å². The van der Waals surface area contributed by atoms with Crippen molar-refractivity contribution in [1.29, 1.82) is 0 Å². The summed E-state index contributed by atoms with van der Waals surface area (Å²) in [4.78, 5) is 0. The summed E-state index contributed by atoms with van der Waals surface area (Å²) in [6.07, 6.45) is 3.94. The fourth-order valence-corrected chi connectivity index (χ4v) is 2.63. The van der Waals surface area contributed by atoms with Gasteiger partial charge in [0.05, 0.1) is 11.9 Å². The fourth-order valence-electron chi connectivity index (χ4n) is 1.77. The predicted octanol–water partition coefficient (Wildman–Crippen LogP) is 2.00. The maximum atomic E-state index is 11.3. The van der Waals surface area contributed by atoms with Crippen LogP contribution in [0.3, 0.4) is 0 Å². The van der Waals surface area contributed by atoms with Crippen molar-refractivity contribution in [2.24, 2.45) is 5.92 Å². The monoisotopic (exact) mass is 273 g/mol. The zero-order chi connectivity index (χ0) is 13.8. The van der Waals surface area contributed by atoms with Crippen LogP contribution in [0.5, 0.6) is 0 Å². The molecule has 1 unspecified atom stereocenters. The van der Waals surface area contributed by atoms with Gasteiger partial charge in [0, 0.05) is 24.7 Å². The maximum absolute atomic E-state index is 11.3. The van der Waals surface area contributed by atoms with Crippen LogP contribution in [0.4, 0.5) is 0 Å². The second-order valence-corrected chi connectivity index (χ2v) is 7.43. The number of rotatable bonds is 7. The number of aliphatic hydroxyl groups is 1. The molecule has 0 aliphatic heterocycles. The molecule has 1 atom stereocenters. The minimum atomic E-state index is -2.88. The highest BCUT2D eigenvalue weighted by atomic mass is 32.2. The highest BCUT2D eigenvalue weighted by Crippen LogP contribution is 2.21. The van der Waals surface area contributed by atoms with Crippen LogP contribution >= 0.6 is 0 Å². The molecular formula is C13H23NO3S. The maximum Gasteiger partial charge on any atom is 0.150 e. The molecule has 0 aliphatic rings. The van der Waals surface area contributed by atoms with Crippen molar-refractivity contribution in [1.82, 2.24) is 4.57 Å². The van der Waals surface area contributed by atoms with Crippen molar-refractivity contribution in [3.63, 3.8) is 0 Å². The summed E-state index contributed by atoms with van der Waals surface area (Å²) in [7, 11) is -2.88. The lowest BCUT2D eigenvalue weighted by Crippen LogP contribution is -2.11. The molecule has 18 heavy (non-hydrogen) atoms. The molecule has 0 bridgehead atoms. The molecule has 1 heterocycles. The number of aliphatic hydroxyl groups excluding tert-OH is 1. The zero-order valence-electron chi connectivity index (χ0n) is 11.3. The van der Waals surface area contributed by atoms with Gasteiger partial charge in [-0.25, -0.2) is 8.42 Å². The molecule has 0 radical (unpaired) electrons. The van der Waals surface area contributed by atoms with E-state index < -0.39 is 15.9 Å². The molecule has 0 amide bonds. The zero-order valence-corrected chi connectivity index (χ0v) is 12.2. The summed E-state index contributed by atoms with van der Waals surface area (Å²) in [5.74, 6) is 0.612. The molecule has 0 saturated heterocycles. The van der Waals surface area contributed by atoms with E-state index in [1.165, 1.54) is 0 Å². The molecule has 0 saturated carbocycles. The first-order chi connectivity index (χ1) is 8.35. The van der Waals surface area contributed by atoms with Crippen LogP contribution in [0, 0.1) is 5.92 Å². The Morgan fingerprint density at radius 1 is 1.39 bits per heavy atom. The van der Waals surface area contributed by atoms with E-state index in [1.54, 1.807) is 6.92 Å². The van der Waals surface area contributed by atoms with E-state index >= 15 is 0 Å². The summed E-state index contributed by atoms with van der Waals surface area (Å²) in [6.45, 7) is 6.28. The van der Waals surface area contributed by atoms with Crippen LogP contribution in [0.2, 0.25) is 0 Å². The summed E-state index contributed by atoms with van der Waals surface area (Å²) in [5.41, 5.74) is 0.892. The van der Waals surface area contributed by atoms with Gasteiger partial charge in [-0.1, -0.05) is 20.8 Å². The van der Waals surface area contributed by atoms with Gasteiger partial charge in [-0.05, 0) is 24.0 Å². The van der Waals surface area contributed by atoms with Crippen molar-refractivity contribution in [2.45, 2.75) is 39.8 Å². The second-order valence-electron chi connectivity index (χ2n) is 4.96. The third-order valence-electron chi connectivity index (χ3n) is 3.06. The Morgan fingerprint density at radius 3 is 2.61 bits per heavy atom. The molecule has 1 rings (SSSR count). The van der Waals surface area contributed by atoms with Gasteiger partial charge in [0.15, 0.2) is 0 Å². The van der Waals surface area contributed by atoms with Crippen LogP contribution in [-0.4, -0.2) is 29.6 Å². The summed E-state index contributed by atoms with van der Waals surface area (Å²) >= 11 is 0. The average molecular weight is 273 g/mol. The van der Waals surface area contributed by atoms with E-state index in [9.17, 15) is 13.5 Å². The summed E-state index contributed by atoms with van der Waals surface area (Å²) in [6, 6.07) is 1.89. The standard InChI is InChI=1S/C13H23NO3S/c1-4-18(16,17)9-5-7-14-8-6-12(10-14)13(15)11(2)3/h6,8,10-11,13,15H,4-5,7,9H2,1-3H3. The first-order valence-electron chi connectivity index (χ1n) is 6.40. The predicted molar refractivity (Wildman–Crippen MR) is 73.2 cm³/mol. The number of hydrogen-bond donors (Lipinski definition) is 1. The normalized spacial score (nSPS) is 14.1. The molecule has 0 spiro atoms. The van der Waals surface area contributed by atoms with Gasteiger partial charge in [0.25, 0.3) is 0 Å². The highest BCUT2D eigenvalue weighted by Gasteiger charge is 2.13. The number of hydrogen-bond acceptors (Lipinski definition) is 3. The molecule has 5 heteroatoms. The fraction of sp³-hybridized carbons (Fsp3) is 0.692. The van der Waals surface area contributed by atoms with Crippen LogP contribution in [0.1, 0.15) is 38.9 Å². The third kappa shape index (κ3) is 4.46. The van der Waals surface area contributed by atoms with Gasteiger partial charge in [0.2, 0.25) is 0 Å². The van der Waals surface area contributed by atoms with Gasteiger partial charge in [-0.2, -0.15) is 0 Å². The van der Waals surface area contributed by atoms with Gasteiger partial charge in [-0.15, -0.1) is 0 Å². The Morgan fingerprint density at radius 2 is 2.06 bits per heavy atom. The first-order valence-corrected chi connectivity index (χ1v) is 8.22. The Bertz CT molecular complexity index is 462. The Labute approximate surface area is 110 Å². The van der Waals surface area contributed by atoms with Crippen LogP contribution in [0.15, 0.2) is 18.5 Å². The lowest BCUT2D eigenvalue weighted by atomic mass is 10.0. The summed E-state index contributed by atoms with van der Waals surface area (Å²) in [5, 5.41) is 9.89. The highest BCUT2D eigenvalue weighted by molar-refractivity contribution is 7.91. The van der Waals surface area contributed by atoms with E-state index in [0.29, 0.717) is 13.0 Å². The topological polar surface area (TPSA) is 59.3 Å². The van der Waals surface area contributed by atoms with Crippen molar-refractivity contribution in [3.05, 3.63) is 24.0 Å². The van der Waals surface area contributed by atoms with E-state index in [4.69, 9.17) is 0 Å². The van der Waals surface area contributed by atoms with Crippen molar-refractivity contribution < 1.29 is 13.5 Å². The van der Waals surface area contributed by atoms with Gasteiger partial charge < -0.3 is 9.67 Å². The molecule has 1 aromatic heterocycles. The molecule has 0 aromatic carbocycles. The quantitative estimate of drug-likeness (QED) is 0.826. The minimum Gasteiger partial charge on any atom is -0.388 e. The first kappa shape index (κ1) is 15.2. The van der Waals surface area contributed by atoms with Crippen molar-refractivity contribution in [3.8, 4) is 0 Å². The lowest BCUT2D eigenvalue weighted by Gasteiger charge is -2.12. The smallest absolute Gasteiger partial charge is 0.150 e. The van der Waals surface area contributed by atoms with Gasteiger partial charge >= 0.3 is 0 Å². The largest absolute Gasteiger partial charge is 0.388 e. The third-order valence-corrected chi connectivity index (χ3v) is 4.85. The second kappa shape index (κ2) is 6.38. The molecular weight excluding hydrogens is 250 g/mol. The Kier molecular flexibility index (Phi) is 5.41. The number of aryl methyl sites for hydroxylation is 1. The molecule has 1 N–H and O–H groups in total. The van der Waals surface area contributed by atoms with Crippen LogP contribution in [0.25, 0.3) is 0 Å². The van der Waals surface area contributed by atoms with Gasteiger partial charge in [0.1, 0.15) is 9.84 Å². The SMILES string of the molecule is CCS(=O)(=O)CCCn1ccc(C(O)C(C)C)c1. The van der Waals surface area contributed by atoms with E-state index in [0.717, 1.165) is 5.56 Å². The lowest BCUT2D eigenvalue weighted by molar-refractivity contribution is 0.127. The van der Waals surface area contributed by atoms with E-state index in [1.807, 2.05) is 36.9 Å². The minimum absolute atomic E-state index is 0.182. The number of nitrogens with zero attached hydrogens (tertiary/aromatic N) is 1. The number of sulfone groups is 1. The van der Waals surface area contributed by atoms with Gasteiger partial charge in [-0.3, -0.25) is 0 Å². The number of aromatic nitrogens is 1. The molecule has 0 fully saturated rings. The van der Waals surface area contributed by atoms with Crippen LogP contribution < -0.4 is 0 Å². The van der Waals surface area contributed by atoms with E-state index in [2.05, 4.69) is 0 Å². The average Bonchev–Trinajstić information content (AvgIpc) is 2.76. The Balaban J connectivity index is 2.50.